The number of ketones is 1. The van der Waals surface area contributed by atoms with Gasteiger partial charge in [0.15, 0.2) is 6.61 Å². The van der Waals surface area contributed by atoms with E-state index in [-0.39, 0.29) is 17.6 Å². The first-order valence-corrected chi connectivity index (χ1v) is 7.88. The maximum absolute atomic E-state index is 12.4. The van der Waals surface area contributed by atoms with Crippen LogP contribution in [0.25, 0.3) is 0 Å². The lowest BCUT2D eigenvalue weighted by atomic mass is 10.1. The Hall–Kier alpha value is -2.94. The van der Waals surface area contributed by atoms with Crippen LogP contribution < -0.4 is 0 Å². The molecule has 0 radical (unpaired) electrons. The molecular weight excluding hydrogens is 344 g/mol. The van der Waals surface area contributed by atoms with E-state index in [1.807, 2.05) is 25.3 Å². The molecular formula is C17H20N2O7. The summed E-state index contributed by atoms with van der Waals surface area (Å²) in [6.07, 6.45) is 0. The van der Waals surface area contributed by atoms with Crippen molar-refractivity contribution >= 4 is 17.6 Å². The Balaban J connectivity index is 2.07. The monoisotopic (exact) mass is 364 g/mol. The Morgan fingerprint density at radius 2 is 2.04 bits per heavy atom. The summed E-state index contributed by atoms with van der Waals surface area (Å²) in [5.74, 6) is -2.21. The first kappa shape index (κ1) is 19.4. The number of aromatic nitrogens is 1. The van der Waals surface area contributed by atoms with E-state index in [0.717, 1.165) is 23.5 Å². The molecule has 0 fully saturated rings. The summed E-state index contributed by atoms with van der Waals surface area (Å²) in [6.45, 7) is 5.67. The van der Waals surface area contributed by atoms with Gasteiger partial charge in [-0.05, 0) is 32.9 Å². The van der Waals surface area contributed by atoms with Gasteiger partial charge in [0, 0.05) is 24.1 Å². The molecule has 0 aliphatic rings. The standard InChI is InChI=1S/C17H20N2O7/c1-10-7-13(12(3)18(10)11(2)8-24-4)14(20)9-25-17(21)15-5-6-16(26-15)19(22)23/h5-7,11H,8-9H2,1-4H3/t11-/m0/s1. The van der Waals surface area contributed by atoms with Gasteiger partial charge < -0.3 is 18.5 Å². The van der Waals surface area contributed by atoms with Crippen LogP contribution in [0.1, 0.15) is 45.3 Å². The number of furan rings is 1. The molecule has 0 amide bonds. The molecule has 140 valence electrons. The Morgan fingerprint density at radius 1 is 1.35 bits per heavy atom. The minimum absolute atomic E-state index is 0.0489. The number of hydrogen-bond acceptors (Lipinski definition) is 7. The molecule has 0 aliphatic carbocycles. The molecule has 0 aromatic carbocycles. The lowest BCUT2D eigenvalue weighted by molar-refractivity contribution is -0.402. The molecule has 0 spiro atoms. The van der Waals surface area contributed by atoms with Gasteiger partial charge in [0.1, 0.15) is 4.92 Å². The normalized spacial score (nSPS) is 12.0. The van der Waals surface area contributed by atoms with Crippen molar-refractivity contribution < 1.29 is 28.4 Å². The van der Waals surface area contributed by atoms with E-state index < -0.39 is 23.4 Å². The fourth-order valence-electron chi connectivity index (χ4n) is 2.87. The summed E-state index contributed by atoms with van der Waals surface area (Å²) in [7, 11) is 1.61. The third-order valence-corrected chi connectivity index (χ3v) is 3.94. The van der Waals surface area contributed by atoms with E-state index in [4.69, 9.17) is 13.9 Å². The number of aryl methyl sites for hydroxylation is 1. The highest BCUT2D eigenvalue weighted by molar-refractivity contribution is 6.00. The fourth-order valence-corrected chi connectivity index (χ4v) is 2.87. The summed E-state index contributed by atoms with van der Waals surface area (Å²) in [6, 6.07) is 3.95. The molecule has 26 heavy (non-hydrogen) atoms. The summed E-state index contributed by atoms with van der Waals surface area (Å²) in [5, 5.41) is 10.6. The van der Waals surface area contributed by atoms with Crippen LogP contribution in [0.4, 0.5) is 5.88 Å². The van der Waals surface area contributed by atoms with Crippen molar-refractivity contribution in [3.05, 3.63) is 51.0 Å². The number of ether oxygens (including phenoxy) is 2. The van der Waals surface area contributed by atoms with Crippen molar-refractivity contribution in [3.8, 4) is 0 Å². The van der Waals surface area contributed by atoms with Crippen molar-refractivity contribution in [3.63, 3.8) is 0 Å². The number of nitrogens with zero attached hydrogens (tertiary/aromatic N) is 2. The van der Waals surface area contributed by atoms with E-state index in [1.54, 1.807) is 13.2 Å². The van der Waals surface area contributed by atoms with Gasteiger partial charge in [-0.25, -0.2) is 4.79 Å². The topological polar surface area (TPSA) is 114 Å². The van der Waals surface area contributed by atoms with Crippen LogP contribution in [-0.2, 0) is 9.47 Å². The molecule has 1 atom stereocenters. The number of esters is 1. The molecule has 0 saturated carbocycles. The highest BCUT2D eigenvalue weighted by atomic mass is 16.7. The lowest BCUT2D eigenvalue weighted by Crippen LogP contribution is -2.16. The predicted octanol–water partition coefficient (Wildman–Crippen LogP) is 2.85. The second kappa shape index (κ2) is 7.96. The highest BCUT2D eigenvalue weighted by Gasteiger charge is 2.22. The molecule has 2 rings (SSSR count). The predicted molar refractivity (Wildman–Crippen MR) is 90.5 cm³/mol. The zero-order valence-electron chi connectivity index (χ0n) is 15.0. The molecule has 0 saturated heterocycles. The number of hydrogen-bond donors (Lipinski definition) is 0. The maximum Gasteiger partial charge on any atom is 0.433 e. The van der Waals surface area contributed by atoms with Crippen LogP contribution in [0, 0.1) is 24.0 Å². The van der Waals surface area contributed by atoms with Gasteiger partial charge >= 0.3 is 11.9 Å². The molecule has 0 unspecified atom stereocenters. The average Bonchev–Trinajstić information content (AvgIpc) is 3.18. The van der Waals surface area contributed by atoms with Gasteiger partial charge in [-0.3, -0.25) is 14.9 Å². The number of methoxy groups -OCH3 is 1. The number of carbonyl (C=O) groups excluding carboxylic acids is 2. The number of nitro groups is 1. The summed E-state index contributed by atoms with van der Waals surface area (Å²) in [5.41, 5.74) is 2.09. The fraction of sp³-hybridized carbons (Fsp3) is 0.412. The molecule has 2 aromatic heterocycles. The number of Topliss-reactive ketones (excluding diaryl/α,β-unsaturated/α-hetero) is 1. The molecule has 0 N–H and O–H groups in total. The third kappa shape index (κ3) is 3.99. The lowest BCUT2D eigenvalue weighted by Gasteiger charge is -2.17. The van der Waals surface area contributed by atoms with Crippen LogP contribution in [0.15, 0.2) is 22.6 Å². The zero-order chi connectivity index (χ0) is 19.4. The van der Waals surface area contributed by atoms with Gasteiger partial charge in [0.25, 0.3) is 0 Å². The van der Waals surface area contributed by atoms with Crippen LogP contribution in [-0.4, -0.2) is 41.6 Å². The van der Waals surface area contributed by atoms with Crippen LogP contribution in [0.3, 0.4) is 0 Å². The van der Waals surface area contributed by atoms with Gasteiger partial charge in [0.05, 0.1) is 18.7 Å². The Morgan fingerprint density at radius 3 is 2.62 bits per heavy atom. The van der Waals surface area contributed by atoms with E-state index >= 15 is 0 Å². The molecule has 9 heteroatoms. The van der Waals surface area contributed by atoms with Crippen molar-refractivity contribution in [2.24, 2.45) is 0 Å². The van der Waals surface area contributed by atoms with E-state index in [0.29, 0.717) is 12.2 Å². The van der Waals surface area contributed by atoms with E-state index in [2.05, 4.69) is 0 Å². The minimum atomic E-state index is -0.937. The Labute approximate surface area is 149 Å². The number of carbonyl (C=O) groups is 2. The van der Waals surface area contributed by atoms with Gasteiger partial charge in [0.2, 0.25) is 11.5 Å². The molecule has 0 bridgehead atoms. The van der Waals surface area contributed by atoms with Crippen molar-refractivity contribution in [2.45, 2.75) is 26.8 Å². The van der Waals surface area contributed by atoms with Crippen LogP contribution >= 0.6 is 0 Å². The van der Waals surface area contributed by atoms with E-state index in [1.165, 1.54) is 0 Å². The highest BCUT2D eigenvalue weighted by Crippen LogP contribution is 2.22. The smallest absolute Gasteiger partial charge is 0.433 e. The summed E-state index contributed by atoms with van der Waals surface area (Å²) in [4.78, 5) is 34.0. The van der Waals surface area contributed by atoms with Crippen molar-refractivity contribution in [1.29, 1.82) is 0 Å². The second-order valence-corrected chi connectivity index (χ2v) is 5.85. The quantitative estimate of drug-likeness (QED) is 0.306. The molecule has 2 aromatic rings. The van der Waals surface area contributed by atoms with Gasteiger partial charge in [-0.2, -0.15) is 0 Å². The Bertz CT molecular complexity index is 834. The van der Waals surface area contributed by atoms with Gasteiger partial charge in [-0.1, -0.05) is 0 Å². The Kier molecular flexibility index (Phi) is 5.93. The van der Waals surface area contributed by atoms with Crippen molar-refractivity contribution in [2.75, 3.05) is 20.3 Å². The summed E-state index contributed by atoms with van der Waals surface area (Å²) < 4.78 is 16.8. The van der Waals surface area contributed by atoms with Gasteiger partial charge in [-0.15, -0.1) is 0 Å². The van der Waals surface area contributed by atoms with Crippen molar-refractivity contribution in [1.82, 2.24) is 4.57 Å². The third-order valence-electron chi connectivity index (χ3n) is 3.94. The molecule has 2 heterocycles. The largest absolute Gasteiger partial charge is 0.451 e. The van der Waals surface area contributed by atoms with Crippen LogP contribution in [0.5, 0.6) is 0 Å². The molecule has 0 aliphatic heterocycles. The first-order chi connectivity index (χ1) is 12.3. The summed E-state index contributed by atoms with van der Waals surface area (Å²) >= 11 is 0. The SMILES string of the molecule is COC[C@H](C)n1c(C)cc(C(=O)COC(=O)c2ccc([N+](=O)[O-])o2)c1C. The number of rotatable bonds is 8. The average molecular weight is 364 g/mol. The minimum Gasteiger partial charge on any atom is -0.451 e. The van der Waals surface area contributed by atoms with Crippen LogP contribution in [0.2, 0.25) is 0 Å². The zero-order valence-corrected chi connectivity index (χ0v) is 15.0. The second-order valence-electron chi connectivity index (χ2n) is 5.85. The maximum atomic E-state index is 12.4. The first-order valence-electron chi connectivity index (χ1n) is 7.88. The van der Waals surface area contributed by atoms with E-state index in [9.17, 15) is 19.7 Å². The molecule has 9 nitrogen and oxygen atoms in total.